The molecule has 0 N–H and O–H groups in total. The molecule has 0 aromatic heterocycles. The van der Waals surface area contributed by atoms with Crippen molar-refractivity contribution in [1.29, 1.82) is 0 Å². The lowest BCUT2D eigenvalue weighted by atomic mass is 9.99. The van der Waals surface area contributed by atoms with Gasteiger partial charge in [-0.2, -0.15) is 0 Å². The third-order valence-electron chi connectivity index (χ3n) is 5.14. The quantitative estimate of drug-likeness (QED) is 0.695. The number of rotatable bonds is 6. The van der Waals surface area contributed by atoms with Crippen LogP contribution in [0.25, 0.3) is 0 Å². The predicted molar refractivity (Wildman–Crippen MR) is 115 cm³/mol. The first-order valence-corrected chi connectivity index (χ1v) is 11.7. The van der Waals surface area contributed by atoms with Gasteiger partial charge in [-0.1, -0.05) is 42.8 Å². The Morgan fingerprint density at radius 3 is 2.52 bits per heavy atom. The summed E-state index contributed by atoms with van der Waals surface area (Å²) in [6.45, 7) is 2.85. The van der Waals surface area contributed by atoms with Crippen molar-refractivity contribution in [2.24, 2.45) is 0 Å². The molecule has 2 aromatic rings. The molecule has 156 valence electrons. The van der Waals surface area contributed by atoms with Gasteiger partial charge in [-0.3, -0.25) is 9.10 Å². The van der Waals surface area contributed by atoms with Gasteiger partial charge in [0, 0.05) is 13.1 Å². The molecule has 8 heteroatoms. The average Bonchev–Trinajstić information content (AvgIpc) is 2.70. The minimum atomic E-state index is -3.72. The van der Waals surface area contributed by atoms with Crippen molar-refractivity contribution in [3.05, 3.63) is 58.6 Å². The van der Waals surface area contributed by atoms with E-state index in [2.05, 4.69) is 6.07 Å². The summed E-state index contributed by atoms with van der Waals surface area (Å²) in [5, 5.41) is 0.285. The molecule has 1 aliphatic heterocycles. The zero-order valence-electron chi connectivity index (χ0n) is 16.8. The van der Waals surface area contributed by atoms with Crippen LogP contribution in [0.1, 0.15) is 24.5 Å². The van der Waals surface area contributed by atoms with Gasteiger partial charge in [0.25, 0.3) is 0 Å². The van der Waals surface area contributed by atoms with Crippen LogP contribution in [-0.4, -0.2) is 45.2 Å². The Hall–Kier alpha value is -2.25. The summed E-state index contributed by atoms with van der Waals surface area (Å²) in [7, 11) is -2.24. The Balaban J connectivity index is 1.94. The monoisotopic (exact) mass is 436 g/mol. The molecule has 3 rings (SSSR count). The molecule has 29 heavy (non-hydrogen) atoms. The summed E-state index contributed by atoms with van der Waals surface area (Å²) >= 11 is 6.21. The van der Waals surface area contributed by atoms with Gasteiger partial charge >= 0.3 is 0 Å². The van der Waals surface area contributed by atoms with Gasteiger partial charge in [0.15, 0.2) is 0 Å². The molecule has 1 heterocycles. The summed E-state index contributed by atoms with van der Waals surface area (Å²) < 4.78 is 31.6. The molecule has 0 spiro atoms. The fourth-order valence-corrected chi connectivity index (χ4v) is 5.18. The maximum atomic E-state index is 13.4. The molecule has 0 saturated heterocycles. The van der Waals surface area contributed by atoms with E-state index in [-0.39, 0.29) is 10.9 Å². The minimum absolute atomic E-state index is 0.209. The molecule has 0 bridgehead atoms. The van der Waals surface area contributed by atoms with E-state index in [1.807, 2.05) is 25.1 Å². The van der Waals surface area contributed by atoms with Crippen molar-refractivity contribution in [2.45, 2.75) is 32.4 Å². The smallest absolute Gasteiger partial charge is 0.246 e. The maximum Gasteiger partial charge on any atom is 0.246 e. The lowest BCUT2D eigenvalue weighted by Crippen LogP contribution is -2.51. The van der Waals surface area contributed by atoms with Gasteiger partial charge in [0.05, 0.1) is 24.1 Å². The Morgan fingerprint density at radius 1 is 1.24 bits per heavy atom. The fraction of sp³-hybridized carbons (Fsp3) is 0.381. The standard InChI is InChI=1S/C21H25ClN2O4S/c1-4-19(21(25)23-12-11-15-7-5-6-8-16(15)14-23)24(29(3,26)27)17-9-10-20(28-2)18(22)13-17/h5-10,13,19H,4,11-12,14H2,1-3H3/t19-/m1/s1. The first-order chi connectivity index (χ1) is 13.8. The summed E-state index contributed by atoms with van der Waals surface area (Å²) in [6, 6.07) is 11.9. The highest BCUT2D eigenvalue weighted by atomic mass is 35.5. The zero-order chi connectivity index (χ0) is 21.2. The van der Waals surface area contributed by atoms with E-state index >= 15 is 0 Å². The normalized spacial score (nSPS) is 14.8. The second-order valence-electron chi connectivity index (χ2n) is 7.08. The Labute approximate surface area is 177 Å². The number of anilines is 1. The van der Waals surface area contributed by atoms with Crippen molar-refractivity contribution in [3.63, 3.8) is 0 Å². The SMILES string of the molecule is CC[C@H](C(=O)N1CCc2ccccc2C1)N(c1ccc(OC)c(Cl)c1)S(C)(=O)=O. The van der Waals surface area contributed by atoms with E-state index in [9.17, 15) is 13.2 Å². The molecule has 1 aliphatic rings. The summed E-state index contributed by atoms with van der Waals surface area (Å²) in [4.78, 5) is 15.1. The Bertz CT molecular complexity index is 1010. The number of hydrogen-bond donors (Lipinski definition) is 0. The van der Waals surface area contributed by atoms with Crippen LogP contribution in [-0.2, 0) is 27.8 Å². The van der Waals surface area contributed by atoms with E-state index in [0.29, 0.717) is 30.9 Å². The average molecular weight is 437 g/mol. The number of methoxy groups -OCH3 is 1. The summed E-state index contributed by atoms with van der Waals surface area (Å²) in [6.07, 6.45) is 2.20. The summed E-state index contributed by atoms with van der Waals surface area (Å²) in [5.74, 6) is 0.232. The number of carbonyl (C=O) groups excluding carboxylic acids is 1. The third kappa shape index (κ3) is 4.51. The van der Waals surface area contributed by atoms with Gasteiger partial charge in [-0.15, -0.1) is 0 Å². The van der Waals surface area contributed by atoms with Crippen LogP contribution in [0.2, 0.25) is 5.02 Å². The van der Waals surface area contributed by atoms with Crippen LogP contribution in [0, 0.1) is 0 Å². The number of amides is 1. The number of hydrogen-bond acceptors (Lipinski definition) is 4. The molecule has 0 radical (unpaired) electrons. The fourth-order valence-electron chi connectivity index (χ4n) is 3.73. The predicted octanol–water partition coefficient (Wildman–Crippen LogP) is 3.48. The Morgan fingerprint density at radius 2 is 1.93 bits per heavy atom. The van der Waals surface area contributed by atoms with Crippen LogP contribution < -0.4 is 9.04 Å². The molecule has 0 saturated carbocycles. The van der Waals surface area contributed by atoms with E-state index in [1.54, 1.807) is 17.0 Å². The largest absolute Gasteiger partial charge is 0.495 e. The highest BCUT2D eigenvalue weighted by Crippen LogP contribution is 2.32. The van der Waals surface area contributed by atoms with Crippen molar-refractivity contribution in [1.82, 2.24) is 4.90 Å². The lowest BCUT2D eigenvalue weighted by molar-refractivity contribution is -0.133. The molecule has 2 aromatic carbocycles. The molecule has 6 nitrogen and oxygen atoms in total. The first kappa shape index (κ1) is 21.5. The second-order valence-corrected chi connectivity index (χ2v) is 9.35. The molecule has 1 atom stereocenters. The number of ether oxygens (including phenoxy) is 1. The van der Waals surface area contributed by atoms with Gasteiger partial charge in [-0.25, -0.2) is 8.42 Å². The van der Waals surface area contributed by atoms with Gasteiger partial charge in [-0.05, 0) is 42.2 Å². The number of carbonyl (C=O) groups is 1. The van der Waals surface area contributed by atoms with E-state index in [4.69, 9.17) is 16.3 Å². The van der Waals surface area contributed by atoms with Crippen LogP contribution in [0.5, 0.6) is 5.75 Å². The first-order valence-electron chi connectivity index (χ1n) is 9.44. The molecule has 0 aliphatic carbocycles. The molecular formula is C21H25ClN2O4S. The van der Waals surface area contributed by atoms with Gasteiger partial charge in [0.1, 0.15) is 11.8 Å². The maximum absolute atomic E-state index is 13.4. The molecule has 0 fully saturated rings. The van der Waals surface area contributed by atoms with Gasteiger partial charge in [0.2, 0.25) is 15.9 Å². The number of halogens is 1. The highest BCUT2D eigenvalue weighted by Gasteiger charge is 2.35. The van der Waals surface area contributed by atoms with Crippen LogP contribution in [0.4, 0.5) is 5.69 Å². The number of sulfonamides is 1. The van der Waals surface area contributed by atoms with E-state index < -0.39 is 16.1 Å². The lowest BCUT2D eigenvalue weighted by Gasteiger charge is -2.36. The van der Waals surface area contributed by atoms with Crippen molar-refractivity contribution in [2.75, 3.05) is 24.2 Å². The topological polar surface area (TPSA) is 66.9 Å². The highest BCUT2D eigenvalue weighted by molar-refractivity contribution is 7.92. The molecule has 1 amide bonds. The van der Waals surface area contributed by atoms with Crippen molar-refractivity contribution >= 4 is 33.2 Å². The second kappa shape index (κ2) is 8.63. The van der Waals surface area contributed by atoms with Crippen molar-refractivity contribution in [3.8, 4) is 5.75 Å². The minimum Gasteiger partial charge on any atom is -0.495 e. The zero-order valence-corrected chi connectivity index (χ0v) is 18.3. The van der Waals surface area contributed by atoms with Crippen LogP contribution in [0.15, 0.2) is 42.5 Å². The van der Waals surface area contributed by atoms with Crippen LogP contribution >= 0.6 is 11.6 Å². The van der Waals surface area contributed by atoms with E-state index in [0.717, 1.165) is 18.2 Å². The van der Waals surface area contributed by atoms with Gasteiger partial charge < -0.3 is 9.64 Å². The third-order valence-corrected chi connectivity index (χ3v) is 6.62. The number of nitrogens with zero attached hydrogens (tertiary/aromatic N) is 2. The van der Waals surface area contributed by atoms with Crippen LogP contribution in [0.3, 0.4) is 0 Å². The van der Waals surface area contributed by atoms with Crippen molar-refractivity contribution < 1.29 is 17.9 Å². The van der Waals surface area contributed by atoms with E-state index in [1.165, 1.54) is 23.0 Å². The number of benzene rings is 2. The summed E-state index contributed by atoms with van der Waals surface area (Å²) in [5.41, 5.74) is 2.67. The molecular weight excluding hydrogens is 412 g/mol. The Kier molecular flexibility index (Phi) is 6.39. The number of fused-ring (bicyclic) bond motifs is 1. The molecule has 0 unspecified atom stereocenters.